The molecule has 0 saturated heterocycles. The van der Waals surface area contributed by atoms with E-state index in [1.165, 1.54) is 12.1 Å². The highest BCUT2D eigenvalue weighted by Crippen LogP contribution is 2.12. The van der Waals surface area contributed by atoms with Crippen molar-refractivity contribution in [1.29, 1.82) is 0 Å². The predicted octanol–water partition coefficient (Wildman–Crippen LogP) is 0.669. The SMILES string of the molecule is Br.NC/C(=N\NC(N)=S)c1ccc([N+](=O)[O-])cc1. The molecule has 1 rings (SSSR count). The highest BCUT2D eigenvalue weighted by Gasteiger charge is 2.07. The number of rotatable bonds is 4. The van der Waals surface area contributed by atoms with Crippen LogP contribution in [0.3, 0.4) is 0 Å². The molecule has 0 radical (unpaired) electrons. The second kappa shape index (κ2) is 7.69. The quantitative estimate of drug-likeness (QED) is 0.322. The van der Waals surface area contributed by atoms with Crippen LogP contribution in [0.4, 0.5) is 5.69 Å². The largest absolute Gasteiger partial charge is 0.375 e. The van der Waals surface area contributed by atoms with E-state index in [0.717, 1.165) is 0 Å². The van der Waals surface area contributed by atoms with Gasteiger partial charge >= 0.3 is 0 Å². The molecule has 0 aliphatic carbocycles. The zero-order valence-electron chi connectivity index (χ0n) is 9.20. The van der Waals surface area contributed by atoms with Crippen LogP contribution in [0.5, 0.6) is 0 Å². The van der Waals surface area contributed by atoms with Crippen LogP contribution >= 0.6 is 29.2 Å². The summed E-state index contributed by atoms with van der Waals surface area (Å²) >= 11 is 4.60. The van der Waals surface area contributed by atoms with Crippen LogP contribution in [-0.2, 0) is 0 Å². The van der Waals surface area contributed by atoms with Crippen LogP contribution in [0.2, 0.25) is 0 Å². The number of thiocarbonyl (C=S) groups is 1. The summed E-state index contributed by atoms with van der Waals surface area (Å²) in [6.45, 7) is 0.160. The van der Waals surface area contributed by atoms with Crippen LogP contribution in [0.15, 0.2) is 29.4 Å². The molecule has 0 fully saturated rings. The summed E-state index contributed by atoms with van der Waals surface area (Å²) in [5.74, 6) is 0. The van der Waals surface area contributed by atoms with Gasteiger partial charge in [-0.05, 0) is 29.9 Å². The topological polar surface area (TPSA) is 120 Å². The van der Waals surface area contributed by atoms with Gasteiger partial charge in [-0.15, -0.1) is 17.0 Å². The van der Waals surface area contributed by atoms with Crippen molar-refractivity contribution in [2.24, 2.45) is 16.6 Å². The number of halogens is 1. The number of hydrogen-bond acceptors (Lipinski definition) is 5. The molecule has 98 valence electrons. The highest BCUT2D eigenvalue weighted by atomic mass is 79.9. The first-order valence-electron chi connectivity index (χ1n) is 4.61. The Hall–Kier alpha value is -1.58. The van der Waals surface area contributed by atoms with Crippen molar-refractivity contribution in [3.05, 3.63) is 39.9 Å². The molecule has 0 aliphatic rings. The van der Waals surface area contributed by atoms with Gasteiger partial charge in [0.1, 0.15) is 0 Å². The van der Waals surface area contributed by atoms with Crippen molar-refractivity contribution >= 4 is 45.7 Å². The van der Waals surface area contributed by atoms with E-state index in [1.54, 1.807) is 12.1 Å². The Morgan fingerprint density at radius 2 is 2.00 bits per heavy atom. The molecule has 0 aliphatic heterocycles. The predicted molar refractivity (Wildman–Crippen MR) is 78.9 cm³/mol. The van der Waals surface area contributed by atoms with Gasteiger partial charge in [0.25, 0.3) is 5.69 Å². The molecule has 5 N–H and O–H groups in total. The van der Waals surface area contributed by atoms with Crippen LogP contribution < -0.4 is 16.9 Å². The zero-order valence-corrected chi connectivity index (χ0v) is 11.7. The van der Waals surface area contributed by atoms with E-state index >= 15 is 0 Å². The van der Waals surface area contributed by atoms with E-state index in [0.29, 0.717) is 11.3 Å². The normalized spacial score (nSPS) is 10.4. The highest BCUT2D eigenvalue weighted by molar-refractivity contribution is 8.93. The first-order valence-corrected chi connectivity index (χ1v) is 5.02. The van der Waals surface area contributed by atoms with Gasteiger partial charge in [0.15, 0.2) is 5.11 Å². The van der Waals surface area contributed by atoms with Gasteiger partial charge in [-0.2, -0.15) is 5.10 Å². The Morgan fingerprint density at radius 1 is 1.44 bits per heavy atom. The lowest BCUT2D eigenvalue weighted by Gasteiger charge is -2.04. The third-order valence-corrected chi connectivity index (χ3v) is 2.00. The molecule has 0 amide bonds. The third kappa shape index (κ3) is 4.73. The van der Waals surface area contributed by atoms with Crippen LogP contribution in [0.25, 0.3) is 0 Å². The fourth-order valence-corrected chi connectivity index (χ4v) is 1.17. The fourth-order valence-electron chi connectivity index (χ4n) is 1.13. The summed E-state index contributed by atoms with van der Waals surface area (Å²) < 4.78 is 0. The molecule has 0 spiro atoms. The molecular formula is C9H12BrN5O2S. The number of nitrogens with zero attached hydrogens (tertiary/aromatic N) is 2. The number of non-ortho nitro benzene ring substituents is 1. The second-order valence-corrected chi connectivity index (χ2v) is 3.48. The molecule has 1 aromatic carbocycles. The van der Waals surface area contributed by atoms with E-state index in [-0.39, 0.29) is 34.3 Å². The number of nitrogens with one attached hydrogen (secondary N) is 1. The molecule has 0 aromatic heterocycles. The zero-order chi connectivity index (χ0) is 12.8. The van der Waals surface area contributed by atoms with Crippen molar-refractivity contribution in [1.82, 2.24) is 5.43 Å². The minimum absolute atomic E-state index is 0. The summed E-state index contributed by atoms with van der Waals surface area (Å²) in [5, 5.41) is 14.4. The summed E-state index contributed by atoms with van der Waals surface area (Å²) in [5.41, 5.74) is 14.3. The van der Waals surface area contributed by atoms with Crippen molar-refractivity contribution in [2.75, 3.05) is 6.54 Å². The van der Waals surface area contributed by atoms with Crippen LogP contribution in [0.1, 0.15) is 5.56 Å². The number of nitrogens with two attached hydrogens (primary N) is 2. The molecule has 9 heteroatoms. The van der Waals surface area contributed by atoms with E-state index < -0.39 is 4.92 Å². The lowest BCUT2D eigenvalue weighted by atomic mass is 10.1. The first-order chi connectivity index (χ1) is 8.04. The standard InChI is InChI=1S/C9H11N5O2S.BrH/c10-5-8(12-13-9(11)17)6-1-3-7(4-2-6)14(15)16;/h1-4H,5,10H2,(H3,11,13,17);1H/b12-8+;. The lowest BCUT2D eigenvalue weighted by molar-refractivity contribution is -0.384. The Labute approximate surface area is 119 Å². The second-order valence-electron chi connectivity index (χ2n) is 3.04. The van der Waals surface area contributed by atoms with Crippen LogP contribution in [-0.4, -0.2) is 22.3 Å². The maximum absolute atomic E-state index is 10.5. The Morgan fingerprint density at radius 3 is 2.39 bits per heavy atom. The smallest absolute Gasteiger partial charge is 0.269 e. The maximum atomic E-state index is 10.5. The molecule has 7 nitrogen and oxygen atoms in total. The molecule has 0 bridgehead atoms. The lowest BCUT2D eigenvalue weighted by Crippen LogP contribution is -2.27. The number of nitro benzene ring substituents is 1. The van der Waals surface area contributed by atoms with E-state index in [2.05, 4.69) is 22.7 Å². The van der Waals surface area contributed by atoms with E-state index in [9.17, 15) is 10.1 Å². The Balaban J connectivity index is 0.00000289. The Kier molecular flexibility index (Phi) is 7.01. The first kappa shape index (κ1) is 16.4. The average Bonchev–Trinajstić information content (AvgIpc) is 2.30. The van der Waals surface area contributed by atoms with Crippen molar-refractivity contribution in [2.45, 2.75) is 0 Å². The van der Waals surface area contributed by atoms with Gasteiger partial charge in [-0.1, -0.05) is 0 Å². The number of benzene rings is 1. The van der Waals surface area contributed by atoms with Gasteiger partial charge in [0.2, 0.25) is 0 Å². The van der Waals surface area contributed by atoms with E-state index in [1.807, 2.05) is 0 Å². The van der Waals surface area contributed by atoms with Gasteiger partial charge in [0.05, 0.1) is 10.6 Å². The Bertz CT molecular complexity index is 463. The summed E-state index contributed by atoms with van der Waals surface area (Å²) in [6, 6.07) is 5.87. The number of hydrogen-bond donors (Lipinski definition) is 3. The summed E-state index contributed by atoms with van der Waals surface area (Å²) in [7, 11) is 0. The minimum atomic E-state index is -0.476. The average molecular weight is 334 g/mol. The molecular weight excluding hydrogens is 322 g/mol. The van der Waals surface area contributed by atoms with Gasteiger partial charge in [-0.3, -0.25) is 15.5 Å². The molecule has 18 heavy (non-hydrogen) atoms. The molecule has 0 unspecified atom stereocenters. The van der Waals surface area contributed by atoms with Gasteiger partial charge in [-0.25, -0.2) is 0 Å². The van der Waals surface area contributed by atoms with E-state index in [4.69, 9.17) is 11.5 Å². The molecule has 1 aromatic rings. The fraction of sp³-hybridized carbons (Fsp3) is 0.111. The third-order valence-electron chi connectivity index (χ3n) is 1.91. The minimum Gasteiger partial charge on any atom is -0.375 e. The van der Waals surface area contributed by atoms with Crippen molar-refractivity contribution < 1.29 is 4.92 Å². The molecule has 0 saturated carbocycles. The van der Waals surface area contributed by atoms with Gasteiger partial charge in [0, 0.05) is 18.7 Å². The monoisotopic (exact) mass is 333 g/mol. The van der Waals surface area contributed by atoms with Crippen molar-refractivity contribution in [3.63, 3.8) is 0 Å². The summed E-state index contributed by atoms with van der Waals surface area (Å²) in [4.78, 5) is 10.00. The number of nitro groups is 1. The molecule has 0 atom stereocenters. The number of hydrazone groups is 1. The van der Waals surface area contributed by atoms with Crippen LogP contribution in [0, 0.1) is 10.1 Å². The van der Waals surface area contributed by atoms with Gasteiger partial charge < -0.3 is 11.5 Å². The molecule has 0 heterocycles. The van der Waals surface area contributed by atoms with Crippen molar-refractivity contribution in [3.8, 4) is 0 Å². The summed E-state index contributed by atoms with van der Waals surface area (Å²) in [6.07, 6.45) is 0. The maximum Gasteiger partial charge on any atom is 0.269 e.